The highest BCUT2D eigenvalue weighted by Crippen LogP contribution is 2.46. The number of aromatic nitrogens is 11. The van der Waals surface area contributed by atoms with Gasteiger partial charge in [-0.25, -0.2) is 9.36 Å². The number of carbonyl (C=O) groups is 3. The van der Waals surface area contributed by atoms with Crippen LogP contribution < -0.4 is 22.2 Å². The van der Waals surface area contributed by atoms with Crippen molar-refractivity contribution in [3.63, 3.8) is 0 Å². The Kier molecular flexibility index (Phi) is 24.1. The van der Waals surface area contributed by atoms with Crippen molar-refractivity contribution in [1.82, 2.24) is 66.2 Å². The summed E-state index contributed by atoms with van der Waals surface area (Å²) in [6, 6.07) is 16.4. The average Bonchev–Trinajstić information content (AvgIpc) is 1.59. The maximum Gasteiger partial charge on any atom is 0.284 e. The number of rotatable bonds is 7. The van der Waals surface area contributed by atoms with E-state index in [0.29, 0.717) is 34.4 Å². The normalized spacial score (nSPS) is 18.0. The molecule has 0 N–H and O–H groups in total. The fourth-order valence-electron chi connectivity index (χ4n) is 20.3. The van der Waals surface area contributed by atoms with E-state index in [1.807, 2.05) is 104 Å². The van der Waals surface area contributed by atoms with E-state index >= 15 is 0 Å². The van der Waals surface area contributed by atoms with Crippen molar-refractivity contribution >= 4 is 82.4 Å². The van der Waals surface area contributed by atoms with Crippen LogP contribution in [0.2, 0.25) is 0 Å². The number of thiophene rings is 2. The third-order valence-corrected chi connectivity index (χ3v) is 29.0. The Morgan fingerprint density at radius 1 is 0.342 bits per heavy atom. The molecule has 11 aromatic rings. The summed E-state index contributed by atoms with van der Waals surface area (Å²) in [5.41, 5.74) is 19.8. The average molecular weight is 1670 g/mol. The molecule has 0 radical (unpaired) electrons. The number of fused-ring (bicyclic) bond motifs is 21. The molecule has 11 aromatic heterocycles. The largest absolute Gasteiger partial charge is 0.347 e. The highest BCUT2D eigenvalue weighted by Gasteiger charge is 2.40. The van der Waals surface area contributed by atoms with Gasteiger partial charge in [-0.1, -0.05) is 41.5 Å². The summed E-state index contributed by atoms with van der Waals surface area (Å²) < 4.78 is 20.3. The third kappa shape index (κ3) is 16.4. The molecule has 0 fully saturated rings. The predicted octanol–water partition coefficient (Wildman–Crippen LogP) is 18.6. The Bertz CT molecular complexity index is 5710. The highest BCUT2D eigenvalue weighted by atomic mass is 32.1. The van der Waals surface area contributed by atoms with Gasteiger partial charge in [0.25, 0.3) is 40.0 Å². The molecule has 21 rings (SSSR count). The molecular formula is C97H130N14O7S2. The van der Waals surface area contributed by atoms with Gasteiger partial charge >= 0.3 is 0 Å². The third-order valence-electron chi connectivity index (χ3n) is 26.5. The zero-order chi connectivity index (χ0) is 85.8. The molecule has 8 aliphatic heterocycles. The Morgan fingerprint density at radius 2 is 0.708 bits per heavy atom. The Labute approximate surface area is 715 Å². The van der Waals surface area contributed by atoms with Crippen LogP contribution in [-0.2, 0) is 110 Å². The van der Waals surface area contributed by atoms with Crippen molar-refractivity contribution in [2.75, 3.05) is 6.54 Å². The molecule has 0 saturated carbocycles. The zero-order valence-electron chi connectivity index (χ0n) is 75.2. The summed E-state index contributed by atoms with van der Waals surface area (Å²) >= 11 is 3.35. The van der Waals surface area contributed by atoms with Gasteiger partial charge in [0.05, 0.1) is 87.5 Å². The first-order chi connectivity index (χ1) is 56.9. The van der Waals surface area contributed by atoms with Crippen LogP contribution in [-0.4, -0.2) is 109 Å². The summed E-state index contributed by atoms with van der Waals surface area (Å²) in [5.74, 6) is 0.685. The number of carbonyl (C=O) groups excluding carboxylic acids is 3. The first-order valence-corrected chi connectivity index (χ1v) is 46.6. The summed E-state index contributed by atoms with van der Waals surface area (Å²) in [7, 11) is 0. The van der Waals surface area contributed by atoms with Crippen molar-refractivity contribution in [3.8, 4) is 0 Å². The predicted molar refractivity (Wildman–Crippen MR) is 487 cm³/mol. The summed E-state index contributed by atoms with van der Waals surface area (Å²) in [6.07, 6.45) is 28.5. The fraction of sp³-hybridized carbons (Fsp3) is 0.577. The van der Waals surface area contributed by atoms with Crippen molar-refractivity contribution in [2.24, 2.45) is 16.2 Å². The van der Waals surface area contributed by atoms with Crippen LogP contribution in [0.4, 0.5) is 0 Å². The number of aryl methyl sites for hydroxylation is 6. The summed E-state index contributed by atoms with van der Waals surface area (Å²) in [4.78, 5) is 94.8. The van der Waals surface area contributed by atoms with E-state index in [1.165, 1.54) is 118 Å². The van der Waals surface area contributed by atoms with Crippen LogP contribution in [0.15, 0.2) is 86.4 Å². The van der Waals surface area contributed by atoms with Crippen LogP contribution in [0, 0.1) is 16.2 Å². The van der Waals surface area contributed by atoms with Crippen LogP contribution in [0.3, 0.4) is 0 Å². The molecule has 0 saturated heterocycles. The second-order valence-electron chi connectivity index (χ2n) is 39.9. The van der Waals surface area contributed by atoms with E-state index < -0.39 is 0 Å². The molecular weight excluding hydrogens is 1540 g/mol. The summed E-state index contributed by atoms with van der Waals surface area (Å²) in [5, 5.41) is 12.6. The molecule has 0 spiro atoms. The fourth-order valence-corrected chi connectivity index (χ4v) is 23.2. The Hall–Kier alpha value is -9.09. The van der Waals surface area contributed by atoms with Gasteiger partial charge in [0, 0.05) is 143 Å². The minimum Gasteiger partial charge on any atom is -0.347 e. The quantitative estimate of drug-likeness (QED) is 0.149. The minimum atomic E-state index is 0.0692. The van der Waals surface area contributed by atoms with Gasteiger partial charge in [-0.2, -0.15) is 10.2 Å². The molecule has 0 aromatic carbocycles. The molecule has 0 bridgehead atoms. The topological polar surface area (TPSA) is 199 Å². The smallest absolute Gasteiger partial charge is 0.284 e. The van der Waals surface area contributed by atoms with Crippen LogP contribution in [0.25, 0.3) is 42.0 Å². The van der Waals surface area contributed by atoms with Gasteiger partial charge in [0.1, 0.15) is 9.40 Å². The number of pyridine rings is 2. The lowest BCUT2D eigenvalue weighted by Gasteiger charge is -2.31. The number of hydrogen-bond acceptors (Lipinski definition) is 11. The molecule has 3 amide bonds. The molecule has 0 unspecified atom stereocenters. The van der Waals surface area contributed by atoms with Gasteiger partial charge < -0.3 is 46.7 Å². The van der Waals surface area contributed by atoms with E-state index in [9.17, 15) is 33.6 Å². The lowest BCUT2D eigenvalue weighted by molar-refractivity contribution is 0.0683. The minimum absolute atomic E-state index is 0.0692. The molecule has 19 heterocycles. The molecule has 2 aliphatic carbocycles. The molecule has 642 valence electrons. The van der Waals surface area contributed by atoms with Gasteiger partial charge in [-0.05, 0) is 276 Å². The van der Waals surface area contributed by atoms with Crippen LogP contribution in [0.5, 0.6) is 0 Å². The van der Waals surface area contributed by atoms with Crippen molar-refractivity contribution in [2.45, 2.75) is 342 Å². The zero-order valence-corrected chi connectivity index (χ0v) is 76.8. The molecule has 10 aliphatic rings. The number of nitrogens with zero attached hydrogens (tertiary/aromatic N) is 14. The second-order valence-corrected chi connectivity index (χ2v) is 42.1. The van der Waals surface area contributed by atoms with Crippen LogP contribution in [0.1, 0.15) is 312 Å². The lowest BCUT2D eigenvalue weighted by atomic mass is 9.90. The molecule has 21 nitrogen and oxygen atoms in total. The Balaban J connectivity index is 0.000000109. The number of hydrogen-bond donors (Lipinski definition) is 0. The van der Waals surface area contributed by atoms with Gasteiger partial charge in [0.2, 0.25) is 0 Å². The highest BCUT2D eigenvalue weighted by molar-refractivity contribution is 7.19. The van der Waals surface area contributed by atoms with Gasteiger partial charge in [-0.15, -0.1) is 22.7 Å². The van der Waals surface area contributed by atoms with E-state index in [1.54, 1.807) is 32.0 Å². The maximum absolute atomic E-state index is 12.4. The van der Waals surface area contributed by atoms with Crippen LogP contribution >= 0.6 is 22.7 Å². The monoisotopic (exact) mass is 1670 g/mol. The molecule has 23 heteroatoms. The lowest BCUT2D eigenvalue weighted by Crippen LogP contribution is -2.42. The Morgan fingerprint density at radius 3 is 1.09 bits per heavy atom. The van der Waals surface area contributed by atoms with E-state index in [2.05, 4.69) is 159 Å². The second kappa shape index (κ2) is 33.6. The SMILES string of the molecule is CC(C)N1CCc2c(cc3n2CC(C)(C)C3)C1=O.CC(C)N1Cc2c(cc3n2CCCC3)C1=O.CC(C)N1Cc2c(cc3n2CCCC3)C1=O.CC(C)n1ccc2c(cc3n2CCCC3)c1=O.CC(C)n1ccc2c(cc3n2CCCC3)c1=O.CC(C)n1ncc2c3c(sc2c1=O)CC(C)(C)C3.CC(C)n1ncc2c3c(sc2c1=O)CC(C)(C)C3. The standard InChI is InChI=1S/C15H22N2O.2C14H18N2OS.2C14H18N2O.2C13H18N2O/c1-10(2)16-6-5-13-12(14(16)18)7-11-8-15(3,4)9-17(11)13;2*1-8(2)16-13(17)12-10(7-15-16)9-5-14(3,4)6-11(9)18-12;2*1-10(2)15-8-6-13-12(14(15)17)9-11-5-3-4-7-16(11)13;2*1-9(2)15-8-12-11(13(15)16)7-10-5-3-4-6-14(10)12/h7,10H,5-6,8-9H2,1-4H3;2*7-8H,5-6H2,1-4H3;2*6,8-10H,3-5,7H2,1-2H3;2*7,9H,3-6,8H2,1-2H3. The van der Waals surface area contributed by atoms with E-state index in [4.69, 9.17) is 0 Å². The van der Waals surface area contributed by atoms with E-state index in [0.717, 1.165) is 175 Å². The van der Waals surface area contributed by atoms with Gasteiger partial charge in [0.15, 0.2) is 0 Å². The van der Waals surface area contributed by atoms with Gasteiger partial charge in [-0.3, -0.25) is 33.6 Å². The first kappa shape index (κ1) is 85.9. The first-order valence-electron chi connectivity index (χ1n) is 45.0. The van der Waals surface area contributed by atoms with Crippen molar-refractivity contribution in [3.05, 3.63) is 192 Å². The molecule has 120 heavy (non-hydrogen) atoms. The van der Waals surface area contributed by atoms with Crippen molar-refractivity contribution in [1.29, 1.82) is 0 Å². The molecule has 0 atom stereocenters. The van der Waals surface area contributed by atoms with E-state index in [-0.39, 0.29) is 64.1 Å². The summed E-state index contributed by atoms with van der Waals surface area (Å²) in [6.45, 7) is 50.3. The van der Waals surface area contributed by atoms with Crippen molar-refractivity contribution < 1.29 is 14.4 Å². The number of amides is 3. The maximum atomic E-state index is 12.4.